The number of carbonyl (C=O) groups excluding carboxylic acids is 1. The summed E-state index contributed by atoms with van der Waals surface area (Å²) < 4.78 is 5.47. The Hall–Kier alpha value is -0.940. The average Bonchev–Trinajstić information content (AvgIpc) is 2.87. The molecule has 0 bridgehead atoms. The van der Waals surface area contributed by atoms with E-state index < -0.39 is 0 Å². The van der Waals surface area contributed by atoms with Crippen molar-refractivity contribution in [2.45, 2.75) is 38.6 Å². The van der Waals surface area contributed by atoms with E-state index in [0.29, 0.717) is 11.6 Å². The van der Waals surface area contributed by atoms with Crippen molar-refractivity contribution < 1.29 is 9.53 Å². The molecule has 0 N–H and O–H groups in total. The van der Waals surface area contributed by atoms with Gasteiger partial charge in [0.1, 0.15) is 0 Å². The third-order valence-electron chi connectivity index (χ3n) is 3.62. The SMILES string of the molecule is CC1COCCCN1C(=O)c1nc2c(s1)CCC2. The summed E-state index contributed by atoms with van der Waals surface area (Å²) in [4.78, 5) is 20.2. The van der Waals surface area contributed by atoms with E-state index in [2.05, 4.69) is 4.98 Å². The highest BCUT2D eigenvalue weighted by molar-refractivity contribution is 7.13. The first-order valence-corrected chi connectivity index (χ1v) is 7.44. The van der Waals surface area contributed by atoms with Gasteiger partial charge in [-0.15, -0.1) is 11.3 Å². The largest absolute Gasteiger partial charge is 0.379 e. The molecule has 1 atom stereocenters. The number of thiazole rings is 1. The predicted octanol–water partition coefficient (Wildman–Crippen LogP) is 1.88. The average molecular weight is 266 g/mol. The summed E-state index contributed by atoms with van der Waals surface area (Å²) in [5, 5.41) is 0.674. The van der Waals surface area contributed by atoms with Gasteiger partial charge < -0.3 is 9.64 Å². The van der Waals surface area contributed by atoms with Gasteiger partial charge in [-0.3, -0.25) is 4.79 Å². The minimum Gasteiger partial charge on any atom is -0.379 e. The molecule has 1 aliphatic carbocycles. The van der Waals surface area contributed by atoms with Crippen LogP contribution in [0.15, 0.2) is 0 Å². The van der Waals surface area contributed by atoms with Crippen LogP contribution >= 0.6 is 11.3 Å². The fourth-order valence-electron chi connectivity index (χ4n) is 2.61. The number of nitrogens with zero attached hydrogens (tertiary/aromatic N) is 2. The van der Waals surface area contributed by atoms with E-state index in [1.807, 2.05) is 11.8 Å². The first-order valence-electron chi connectivity index (χ1n) is 6.63. The number of rotatable bonds is 1. The molecule has 0 spiro atoms. The molecule has 1 saturated heterocycles. The summed E-state index contributed by atoms with van der Waals surface area (Å²) in [6, 6.07) is 0.152. The molecule has 5 heteroatoms. The summed E-state index contributed by atoms with van der Waals surface area (Å²) in [7, 11) is 0. The molecule has 0 aromatic carbocycles. The lowest BCUT2D eigenvalue weighted by molar-refractivity contribution is 0.0633. The van der Waals surface area contributed by atoms with Crippen LogP contribution in [0.2, 0.25) is 0 Å². The van der Waals surface area contributed by atoms with E-state index in [1.165, 1.54) is 11.3 Å². The van der Waals surface area contributed by atoms with Gasteiger partial charge in [0.25, 0.3) is 5.91 Å². The van der Waals surface area contributed by atoms with Crippen molar-refractivity contribution in [1.29, 1.82) is 0 Å². The minimum absolute atomic E-state index is 0.0902. The topological polar surface area (TPSA) is 42.4 Å². The summed E-state index contributed by atoms with van der Waals surface area (Å²) in [6.07, 6.45) is 4.24. The van der Waals surface area contributed by atoms with E-state index in [9.17, 15) is 4.79 Å². The maximum Gasteiger partial charge on any atom is 0.283 e. The molecule has 18 heavy (non-hydrogen) atoms. The number of hydrogen-bond donors (Lipinski definition) is 0. The highest BCUT2D eigenvalue weighted by Crippen LogP contribution is 2.28. The van der Waals surface area contributed by atoms with Crippen LogP contribution in [0.1, 0.15) is 40.1 Å². The summed E-state index contributed by atoms with van der Waals surface area (Å²) in [6.45, 7) is 4.22. The first-order chi connectivity index (χ1) is 8.75. The van der Waals surface area contributed by atoms with Gasteiger partial charge >= 0.3 is 0 Å². The van der Waals surface area contributed by atoms with Crippen molar-refractivity contribution in [3.05, 3.63) is 15.6 Å². The number of ether oxygens (including phenoxy) is 1. The van der Waals surface area contributed by atoms with Crippen LogP contribution in [0.25, 0.3) is 0 Å². The van der Waals surface area contributed by atoms with Crippen LogP contribution in [0.5, 0.6) is 0 Å². The van der Waals surface area contributed by atoms with Gasteiger partial charge in [0, 0.05) is 18.0 Å². The van der Waals surface area contributed by atoms with E-state index in [0.717, 1.165) is 38.1 Å². The summed E-state index contributed by atoms with van der Waals surface area (Å²) in [5.41, 5.74) is 1.15. The number of aryl methyl sites for hydroxylation is 2. The monoisotopic (exact) mass is 266 g/mol. The number of fused-ring (bicyclic) bond motifs is 1. The molecular weight excluding hydrogens is 248 g/mol. The standard InChI is InChI=1S/C13H18N2O2S/c1-9-8-17-7-3-6-15(9)13(16)12-14-10-4-2-5-11(10)18-12/h9H,2-8H2,1H3. The van der Waals surface area contributed by atoms with Crippen molar-refractivity contribution in [2.24, 2.45) is 0 Å². The van der Waals surface area contributed by atoms with E-state index >= 15 is 0 Å². The number of carbonyl (C=O) groups is 1. The molecule has 1 amide bonds. The smallest absolute Gasteiger partial charge is 0.283 e. The van der Waals surface area contributed by atoms with E-state index in [-0.39, 0.29) is 11.9 Å². The van der Waals surface area contributed by atoms with Gasteiger partial charge in [0.05, 0.1) is 18.3 Å². The molecule has 2 heterocycles. The highest BCUT2D eigenvalue weighted by Gasteiger charge is 2.27. The predicted molar refractivity (Wildman–Crippen MR) is 70.1 cm³/mol. The van der Waals surface area contributed by atoms with Crippen LogP contribution in [-0.2, 0) is 17.6 Å². The molecule has 3 rings (SSSR count). The van der Waals surface area contributed by atoms with Crippen molar-refractivity contribution in [3.63, 3.8) is 0 Å². The third kappa shape index (κ3) is 2.17. The quantitative estimate of drug-likeness (QED) is 0.779. The molecule has 1 aromatic rings. The Morgan fingerprint density at radius 3 is 3.17 bits per heavy atom. The summed E-state index contributed by atoms with van der Waals surface area (Å²) >= 11 is 1.59. The molecule has 1 aliphatic heterocycles. The third-order valence-corrected chi connectivity index (χ3v) is 4.76. The number of hydrogen-bond acceptors (Lipinski definition) is 4. The zero-order valence-electron chi connectivity index (χ0n) is 10.6. The van der Waals surface area contributed by atoms with Gasteiger partial charge in [-0.2, -0.15) is 0 Å². The molecule has 2 aliphatic rings. The normalized spacial score (nSPS) is 23.8. The molecule has 0 radical (unpaired) electrons. The Bertz CT molecular complexity index is 436. The molecule has 1 fully saturated rings. The van der Waals surface area contributed by atoms with Crippen molar-refractivity contribution in [2.75, 3.05) is 19.8 Å². The molecule has 98 valence electrons. The van der Waals surface area contributed by atoms with Gasteiger partial charge in [-0.1, -0.05) is 0 Å². The second-order valence-corrected chi connectivity index (χ2v) is 6.10. The Kier molecular flexibility index (Phi) is 3.35. The molecular formula is C13H18N2O2S. The minimum atomic E-state index is 0.0902. The Balaban J connectivity index is 1.79. The summed E-state index contributed by atoms with van der Waals surface area (Å²) in [5.74, 6) is 0.0902. The zero-order valence-corrected chi connectivity index (χ0v) is 11.5. The second-order valence-electron chi connectivity index (χ2n) is 5.02. The van der Waals surface area contributed by atoms with Crippen LogP contribution in [-0.4, -0.2) is 41.6 Å². The van der Waals surface area contributed by atoms with E-state index in [4.69, 9.17) is 4.74 Å². The lowest BCUT2D eigenvalue weighted by atomic mass is 10.3. The van der Waals surface area contributed by atoms with Gasteiger partial charge in [-0.25, -0.2) is 4.98 Å². The maximum absolute atomic E-state index is 12.5. The van der Waals surface area contributed by atoms with Crippen LogP contribution in [0.4, 0.5) is 0 Å². The van der Waals surface area contributed by atoms with Gasteiger partial charge in [-0.05, 0) is 32.6 Å². The van der Waals surface area contributed by atoms with Crippen molar-refractivity contribution in [3.8, 4) is 0 Å². The van der Waals surface area contributed by atoms with Crippen LogP contribution in [0, 0.1) is 0 Å². The number of amides is 1. The maximum atomic E-state index is 12.5. The Morgan fingerprint density at radius 2 is 2.33 bits per heavy atom. The lowest BCUT2D eigenvalue weighted by Crippen LogP contribution is -2.40. The Labute approximate surface area is 111 Å². The van der Waals surface area contributed by atoms with Crippen LogP contribution < -0.4 is 0 Å². The fraction of sp³-hybridized carbons (Fsp3) is 0.692. The zero-order chi connectivity index (χ0) is 12.5. The number of aromatic nitrogens is 1. The van der Waals surface area contributed by atoms with Crippen LogP contribution in [0.3, 0.4) is 0 Å². The molecule has 4 nitrogen and oxygen atoms in total. The lowest BCUT2D eigenvalue weighted by Gasteiger charge is -2.25. The van der Waals surface area contributed by atoms with Gasteiger partial charge in [0.15, 0.2) is 5.01 Å². The second kappa shape index (κ2) is 4.97. The highest BCUT2D eigenvalue weighted by atomic mass is 32.1. The van der Waals surface area contributed by atoms with Crippen molar-refractivity contribution in [1.82, 2.24) is 9.88 Å². The first kappa shape index (κ1) is 12.1. The molecule has 0 saturated carbocycles. The van der Waals surface area contributed by atoms with E-state index in [1.54, 1.807) is 11.3 Å². The van der Waals surface area contributed by atoms with Gasteiger partial charge in [0.2, 0.25) is 0 Å². The Morgan fingerprint density at radius 1 is 1.44 bits per heavy atom. The fourth-order valence-corrected chi connectivity index (χ4v) is 3.71. The molecule has 1 unspecified atom stereocenters. The van der Waals surface area contributed by atoms with Crippen molar-refractivity contribution >= 4 is 17.2 Å². The molecule has 1 aromatic heterocycles.